The maximum absolute atomic E-state index is 12.5. The molecule has 1 aromatic rings. The molecule has 0 bridgehead atoms. The van der Waals surface area contributed by atoms with Gasteiger partial charge in [0.1, 0.15) is 6.04 Å². The Kier molecular flexibility index (Phi) is 5.22. The molecule has 1 fully saturated rings. The molecule has 0 spiro atoms. The van der Waals surface area contributed by atoms with E-state index in [0.717, 1.165) is 33.6 Å². The molecule has 24 heavy (non-hydrogen) atoms. The van der Waals surface area contributed by atoms with Crippen LogP contribution in [-0.2, 0) is 14.3 Å². The molecule has 2 amide bonds. The maximum atomic E-state index is 12.5. The van der Waals surface area contributed by atoms with Crippen LogP contribution in [0.25, 0.3) is 6.08 Å². The van der Waals surface area contributed by atoms with Crippen molar-refractivity contribution in [2.75, 3.05) is 7.11 Å². The molecule has 1 aliphatic rings. The van der Waals surface area contributed by atoms with Crippen molar-refractivity contribution in [3.63, 3.8) is 0 Å². The minimum atomic E-state index is -0.934. The van der Waals surface area contributed by atoms with E-state index in [1.807, 2.05) is 19.9 Å². The first-order chi connectivity index (χ1) is 11.2. The lowest BCUT2D eigenvalue weighted by Gasteiger charge is -2.18. The monoisotopic (exact) mass is 350 g/mol. The van der Waals surface area contributed by atoms with Crippen molar-refractivity contribution in [3.05, 3.63) is 27.9 Å². The summed E-state index contributed by atoms with van der Waals surface area (Å²) in [4.78, 5) is 37.5. The summed E-state index contributed by atoms with van der Waals surface area (Å²) in [6.07, 6.45) is 1.72. The third-order valence-corrected chi connectivity index (χ3v) is 4.96. The molecule has 1 aromatic heterocycles. The Morgan fingerprint density at radius 2 is 1.88 bits per heavy atom. The number of rotatable bonds is 4. The lowest BCUT2D eigenvalue weighted by atomic mass is 10.2. The van der Waals surface area contributed by atoms with Gasteiger partial charge in [0, 0.05) is 17.4 Å². The topological polar surface area (TPSA) is 68.6 Å². The smallest absolute Gasteiger partial charge is 0.328 e. The van der Waals surface area contributed by atoms with Gasteiger partial charge in [-0.15, -0.1) is 0 Å². The zero-order valence-electron chi connectivity index (χ0n) is 14.7. The maximum Gasteiger partial charge on any atom is 0.328 e. The first kappa shape index (κ1) is 18.3. The average Bonchev–Trinajstić information content (AvgIpc) is 2.94. The number of carbonyl (C=O) groups is 3. The van der Waals surface area contributed by atoms with Gasteiger partial charge in [-0.05, 0) is 64.1 Å². The van der Waals surface area contributed by atoms with Gasteiger partial charge < -0.3 is 9.30 Å². The molecular formula is C17H22N2O4S. The Hall–Kier alpha value is -2.02. The van der Waals surface area contributed by atoms with E-state index in [1.165, 1.54) is 14.0 Å². The number of carbonyl (C=O) groups excluding carboxylic acids is 3. The first-order valence-electron chi connectivity index (χ1n) is 7.72. The van der Waals surface area contributed by atoms with E-state index in [1.54, 1.807) is 6.08 Å². The lowest BCUT2D eigenvalue weighted by molar-refractivity contribution is -0.148. The van der Waals surface area contributed by atoms with E-state index in [0.29, 0.717) is 10.9 Å². The van der Waals surface area contributed by atoms with Gasteiger partial charge in [0.15, 0.2) is 0 Å². The van der Waals surface area contributed by atoms with Gasteiger partial charge in [-0.25, -0.2) is 4.79 Å². The lowest BCUT2D eigenvalue weighted by Crippen LogP contribution is -2.42. The highest BCUT2D eigenvalue weighted by Crippen LogP contribution is 2.35. The quantitative estimate of drug-likeness (QED) is 0.616. The van der Waals surface area contributed by atoms with Crippen LogP contribution in [0.15, 0.2) is 11.0 Å². The SMILES string of the molecule is COC(=O)[C@@H](C)N1C(=O)S/C(=C/c2cc(C)n(C(C)C)c2C)C1=O. The Morgan fingerprint density at radius 1 is 1.25 bits per heavy atom. The molecule has 1 aliphatic heterocycles. The Morgan fingerprint density at radius 3 is 2.38 bits per heavy atom. The molecule has 0 N–H and O–H groups in total. The van der Waals surface area contributed by atoms with Gasteiger partial charge in [0.25, 0.3) is 11.1 Å². The number of ether oxygens (including phenoxy) is 1. The molecule has 7 heteroatoms. The molecule has 0 saturated carbocycles. The molecule has 0 radical (unpaired) electrons. The van der Waals surface area contributed by atoms with Gasteiger partial charge >= 0.3 is 5.97 Å². The van der Waals surface area contributed by atoms with Crippen molar-refractivity contribution >= 4 is 35.0 Å². The molecule has 0 unspecified atom stereocenters. The number of aromatic nitrogens is 1. The highest BCUT2D eigenvalue weighted by Gasteiger charge is 2.41. The van der Waals surface area contributed by atoms with Crippen LogP contribution in [0.1, 0.15) is 43.8 Å². The summed E-state index contributed by atoms with van der Waals surface area (Å²) in [6, 6.07) is 1.37. The number of esters is 1. The predicted octanol–water partition coefficient (Wildman–Crippen LogP) is 3.28. The van der Waals surface area contributed by atoms with Gasteiger partial charge in [0.05, 0.1) is 12.0 Å². The van der Waals surface area contributed by atoms with Crippen LogP contribution in [0.3, 0.4) is 0 Å². The average molecular weight is 350 g/mol. The fourth-order valence-corrected chi connectivity index (χ4v) is 3.87. The third kappa shape index (κ3) is 3.13. The second kappa shape index (κ2) is 6.84. The highest BCUT2D eigenvalue weighted by molar-refractivity contribution is 8.18. The fraction of sp³-hybridized carbons (Fsp3) is 0.471. The first-order valence-corrected chi connectivity index (χ1v) is 8.54. The van der Waals surface area contributed by atoms with Crippen LogP contribution < -0.4 is 0 Å². The number of nitrogens with zero attached hydrogens (tertiary/aromatic N) is 2. The zero-order chi connectivity index (χ0) is 18.2. The summed E-state index contributed by atoms with van der Waals surface area (Å²) in [6.45, 7) is 9.66. The molecule has 2 heterocycles. The summed E-state index contributed by atoms with van der Waals surface area (Å²) < 4.78 is 6.80. The molecule has 1 atom stereocenters. The largest absolute Gasteiger partial charge is 0.467 e. The number of imide groups is 1. The van der Waals surface area contributed by atoms with E-state index in [-0.39, 0.29) is 0 Å². The fourth-order valence-electron chi connectivity index (χ4n) is 2.97. The van der Waals surface area contributed by atoms with Crippen molar-refractivity contribution in [2.24, 2.45) is 0 Å². The number of hydrogen-bond donors (Lipinski definition) is 0. The summed E-state index contributed by atoms with van der Waals surface area (Å²) in [5.41, 5.74) is 3.03. The van der Waals surface area contributed by atoms with Crippen molar-refractivity contribution in [2.45, 2.75) is 46.7 Å². The number of amides is 2. The summed E-state index contributed by atoms with van der Waals surface area (Å²) in [7, 11) is 1.23. The van der Waals surface area contributed by atoms with E-state index in [2.05, 4.69) is 23.2 Å². The standard InChI is InChI=1S/C17H22N2O4S/c1-9(2)18-10(3)7-13(11(18)4)8-14-15(20)19(17(22)24-14)12(5)16(21)23-6/h7-9,12H,1-6H3/b14-8+/t12-/m1/s1. The number of thioether (sulfide) groups is 1. The normalized spacial score (nSPS) is 18.0. The van der Waals surface area contributed by atoms with Gasteiger partial charge in [-0.3, -0.25) is 14.5 Å². The second-order valence-electron chi connectivity index (χ2n) is 6.04. The summed E-state index contributed by atoms with van der Waals surface area (Å²) >= 11 is 0.847. The van der Waals surface area contributed by atoms with Crippen LogP contribution in [0.4, 0.5) is 4.79 Å². The van der Waals surface area contributed by atoms with E-state index < -0.39 is 23.2 Å². The number of aryl methyl sites for hydroxylation is 1. The Balaban J connectivity index is 2.36. The van der Waals surface area contributed by atoms with Crippen LogP contribution in [0.5, 0.6) is 0 Å². The zero-order valence-corrected chi connectivity index (χ0v) is 15.6. The molecule has 130 valence electrons. The molecule has 0 aromatic carbocycles. The van der Waals surface area contributed by atoms with Crippen LogP contribution in [0.2, 0.25) is 0 Å². The van der Waals surface area contributed by atoms with Crippen LogP contribution >= 0.6 is 11.8 Å². The second-order valence-corrected chi connectivity index (χ2v) is 7.03. The summed E-state index contributed by atoms with van der Waals surface area (Å²) in [5.74, 6) is -1.08. The molecule has 2 rings (SSSR count). The number of methoxy groups -OCH3 is 1. The van der Waals surface area contributed by atoms with Crippen molar-refractivity contribution in [1.29, 1.82) is 0 Å². The van der Waals surface area contributed by atoms with Crippen molar-refractivity contribution < 1.29 is 19.1 Å². The van der Waals surface area contributed by atoms with Crippen LogP contribution in [-0.4, -0.2) is 39.7 Å². The minimum absolute atomic E-state index is 0.307. The predicted molar refractivity (Wildman–Crippen MR) is 93.6 cm³/mol. The molecule has 1 saturated heterocycles. The van der Waals surface area contributed by atoms with Crippen LogP contribution in [0, 0.1) is 13.8 Å². The van der Waals surface area contributed by atoms with E-state index >= 15 is 0 Å². The van der Waals surface area contributed by atoms with Gasteiger partial charge in [-0.2, -0.15) is 0 Å². The van der Waals surface area contributed by atoms with E-state index in [9.17, 15) is 14.4 Å². The van der Waals surface area contributed by atoms with E-state index in [4.69, 9.17) is 0 Å². The number of hydrogen-bond acceptors (Lipinski definition) is 5. The third-order valence-electron chi connectivity index (χ3n) is 4.08. The van der Waals surface area contributed by atoms with Gasteiger partial charge in [0.2, 0.25) is 0 Å². The van der Waals surface area contributed by atoms with Crippen molar-refractivity contribution in [3.8, 4) is 0 Å². The Labute approximate surface area is 145 Å². The Bertz CT molecular complexity index is 733. The molecule has 6 nitrogen and oxygen atoms in total. The summed E-state index contributed by atoms with van der Waals surface area (Å²) in [5, 5.41) is -0.457. The van der Waals surface area contributed by atoms with Gasteiger partial charge in [-0.1, -0.05) is 0 Å². The minimum Gasteiger partial charge on any atom is -0.467 e. The molecular weight excluding hydrogens is 328 g/mol. The molecule has 0 aliphatic carbocycles. The van der Waals surface area contributed by atoms with Crippen molar-refractivity contribution in [1.82, 2.24) is 9.47 Å². The highest BCUT2D eigenvalue weighted by atomic mass is 32.2.